The van der Waals surface area contributed by atoms with Gasteiger partial charge in [0.05, 0.1) is 23.7 Å². The fourth-order valence-corrected chi connectivity index (χ4v) is 3.42. The minimum Gasteiger partial charge on any atom is -0.494 e. The molecule has 0 radical (unpaired) electrons. The van der Waals surface area contributed by atoms with Gasteiger partial charge in [0, 0.05) is 5.39 Å². The van der Waals surface area contributed by atoms with Crippen molar-refractivity contribution < 1.29 is 9.15 Å². The number of hydrogen-bond acceptors (Lipinski definition) is 5. The van der Waals surface area contributed by atoms with E-state index in [1.807, 2.05) is 79.7 Å². The Morgan fingerprint density at radius 2 is 1.81 bits per heavy atom. The first-order valence-corrected chi connectivity index (χ1v) is 10.0. The largest absolute Gasteiger partial charge is 0.494 e. The highest BCUT2D eigenvalue weighted by Crippen LogP contribution is 2.27. The first-order chi connectivity index (χ1) is 15.2. The van der Waals surface area contributed by atoms with Crippen molar-refractivity contribution in [1.29, 1.82) is 0 Å². The van der Waals surface area contributed by atoms with Crippen LogP contribution in [-0.2, 0) is 0 Å². The lowest BCUT2D eigenvalue weighted by molar-refractivity contribution is 0.340. The van der Waals surface area contributed by atoms with E-state index in [1.54, 1.807) is 12.3 Å². The van der Waals surface area contributed by atoms with Gasteiger partial charge in [-0.3, -0.25) is 4.79 Å². The lowest BCUT2D eigenvalue weighted by Gasteiger charge is -2.07. The maximum absolute atomic E-state index is 13.2. The first kappa shape index (κ1) is 18.8. The quantitative estimate of drug-likeness (QED) is 0.379. The van der Waals surface area contributed by atoms with Crippen LogP contribution in [-0.4, -0.2) is 22.5 Å². The Morgan fingerprint density at radius 1 is 1.03 bits per heavy atom. The van der Waals surface area contributed by atoms with Gasteiger partial charge in [-0.15, -0.1) is 0 Å². The van der Waals surface area contributed by atoms with Gasteiger partial charge >= 0.3 is 0 Å². The standard InChI is InChI=1S/C25H19N3O3/c1-2-30-19-13-11-17(12-14-19)16-26-28-24(23-15-18-7-3-6-10-22(18)31-23)27-21-9-5-4-8-20(21)25(28)29/h3-16H,2H2,1H3. The summed E-state index contributed by atoms with van der Waals surface area (Å²) in [7, 11) is 0. The molecule has 0 fully saturated rings. The van der Waals surface area contributed by atoms with Crippen LogP contribution in [0.15, 0.2) is 93.2 Å². The molecule has 0 amide bonds. The third-order valence-corrected chi connectivity index (χ3v) is 4.91. The van der Waals surface area contributed by atoms with Gasteiger partial charge in [-0.1, -0.05) is 30.3 Å². The molecule has 0 aliphatic rings. The lowest BCUT2D eigenvalue weighted by atomic mass is 10.2. The minimum atomic E-state index is -0.261. The van der Waals surface area contributed by atoms with Gasteiger partial charge in [0.1, 0.15) is 11.3 Å². The van der Waals surface area contributed by atoms with E-state index in [0.29, 0.717) is 29.1 Å². The number of fused-ring (bicyclic) bond motifs is 2. The summed E-state index contributed by atoms with van der Waals surface area (Å²) in [6.45, 7) is 2.54. The third-order valence-electron chi connectivity index (χ3n) is 4.91. The SMILES string of the molecule is CCOc1ccc(C=Nn2c(-c3cc4ccccc4o3)nc3ccccc3c2=O)cc1. The molecule has 2 heterocycles. The predicted octanol–water partition coefficient (Wildman–Crippen LogP) is 5.09. The van der Waals surface area contributed by atoms with Crippen molar-refractivity contribution in [1.82, 2.24) is 9.66 Å². The smallest absolute Gasteiger partial charge is 0.282 e. The second kappa shape index (κ2) is 7.91. The Labute approximate surface area is 178 Å². The van der Waals surface area contributed by atoms with Crippen molar-refractivity contribution in [3.05, 3.63) is 94.8 Å². The number of aromatic nitrogens is 2. The van der Waals surface area contributed by atoms with Gasteiger partial charge in [-0.2, -0.15) is 9.78 Å². The summed E-state index contributed by atoms with van der Waals surface area (Å²) < 4.78 is 12.7. The molecule has 3 aromatic carbocycles. The number of hydrogen-bond donors (Lipinski definition) is 0. The molecule has 0 N–H and O–H groups in total. The van der Waals surface area contributed by atoms with Gasteiger partial charge in [0.2, 0.25) is 5.82 Å². The predicted molar refractivity (Wildman–Crippen MR) is 122 cm³/mol. The van der Waals surface area contributed by atoms with E-state index in [4.69, 9.17) is 9.15 Å². The number of rotatable bonds is 5. The molecule has 5 aromatic rings. The number of para-hydroxylation sites is 2. The Hall–Kier alpha value is -4.19. The topological polar surface area (TPSA) is 69.6 Å². The molecular weight excluding hydrogens is 390 g/mol. The van der Waals surface area contributed by atoms with Crippen molar-refractivity contribution in [2.75, 3.05) is 6.61 Å². The second-order valence-electron chi connectivity index (χ2n) is 6.96. The molecule has 0 bridgehead atoms. The summed E-state index contributed by atoms with van der Waals surface area (Å²) in [6, 6.07) is 24.3. The van der Waals surface area contributed by atoms with Gasteiger partial charge in [-0.05, 0) is 61.0 Å². The van der Waals surface area contributed by atoms with Crippen LogP contribution in [0.5, 0.6) is 5.75 Å². The summed E-state index contributed by atoms with van der Waals surface area (Å²) in [5.41, 5.74) is 1.89. The zero-order valence-electron chi connectivity index (χ0n) is 16.9. The van der Waals surface area contributed by atoms with E-state index >= 15 is 0 Å². The van der Waals surface area contributed by atoms with E-state index in [1.165, 1.54) is 4.68 Å². The van der Waals surface area contributed by atoms with Crippen LogP contribution in [0.3, 0.4) is 0 Å². The molecule has 0 saturated carbocycles. The van der Waals surface area contributed by atoms with Crippen LogP contribution in [0.4, 0.5) is 0 Å². The molecule has 2 aromatic heterocycles. The molecule has 152 valence electrons. The van der Waals surface area contributed by atoms with E-state index in [-0.39, 0.29) is 5.56 Å². The van der Waals surface area contributed by atoms with Crippen molar-refractivity contribution in [2.45, 2.75) is 6.92 Å². The highest BCUT2D eigenvalue weighted by molar-refractivity contribution is 5.84. The Balaban J connectivity index is 1.65. The van der Waals surface area contributed by atoms with Crippen LogP contribution >= 0.6 is 0 Å². The lowest BCUT2D eigenvalue weighted by Crippen LogP contribution is -2.20. The molecule has 5 rings (SSSR count). The van der Waals surface area contributed by atoms with E-state index in [0.717, 1.165) is 22.3 Å². The third kappa shape index (κ3) is 3.59. The van der Waals surface area contributed by atoms with Gasteiger partial charge < -0.3 is 9.15 Å². The minimum absolute atomic E-state index is 0.261. The molecule has 6 heteroatoms. The molecule has 6 nitrogen and oxygen atoms in total. The average molecular weight is 409 g/mol. The highest BCUT2D eigenvalue weighted by atomic mass is 16.5. The number of nitrogens with zero attached hydrogens (tertiary/aromatic N) is 3. The van der Waals surface area contributed by atoms with Crippen LogP contribution < -0.4 is 10.3 Å². The normalized spacial score (nSPS) is 11.5. The van der Waals surface area contributed by atoms with Gasteiger partial charge in [0.15, 0.2) is 5.76 Å². The molecular formula is C25H19N3O3. The van der Waals surface area contributed by atoms with Crippen molar-refractivity contribution in [2.24, 2.45) is 5.10 Å². The molecule has 31 heavy (non-hydrogen) atoms. The maximum Gasteiger partial charge on any atom is 0.282 e. The fourth-order valence-electron chi connectivity index (χ4n) is 3.42. The fraction of sp³-hybridized carbons (Fsp3) is 0.0800. The Bertz CT molecular complexity index is 1430. The second-order valence-corrected chi connectivity index (χ2v) is 6.96. The van der Waals surface area contributed by atoms with Crippen LogP contribution in [0.1, 0.15) is 12.5 Å². The zero-order chi connectivity index (χ0) is 21.2. The van der Waals surface area contributed by atoms with Crippen molar-refractivity contribution in [3.8, 4) is 17.3 Å². The monoisotopic (exact) mass is 409 g/mol. The molecule has 0 atom stereocenters. The summed E-state index contributed by atoms with van der Waals surface area (Å²) >= 11 is 0. The Morgan fingerprint density at radius 3 is 2.61 bits per heavy atom. The average Bonchev–Trinajstić information content (AvgIpc) is 3.24. The maximum atomic E-state index is 13.2. The summed E-state index contributed by atoms with van der Waals surface area (Å²) in [4.78, 5) is 17.9. The molecule has 0 spiro atoms. The molecule has 0 aliphatic heterocycles. The summed E-state index contributed by atoms with van der Waals surface area (Å²) in [5.74, 6) is 1.61. The molecule has 0 aliphatic carbocycles. The molecule has 0 unspecified atom stereocenters. The zero-order valence-corrected chi connectivity index (χ0v) is 16.9. The Kier molecular flexibility index (Phi) is 4.80. The number of ether oxygens (including phenoxy) is 1. The van der Waals surface area contributed by atoms with E-state index < -0.39 is 0 Å². The van der Waals surface area contributed by atoms with E-state index in [2.05, 4.69) is 10.1 Å². The van der Waals surface area contributed by atoms with Crippen LogP contribution in [0.25, 0.3) is 33.5 Å². The van der Waals surface area contributed by atoms with Gasteiger partial charge in [0.25, 0.3) is 5.56 Å². The molecule has 0 saturated heterocycles. The number of furan rings is 1. The first-order valence-electron chi connectivity index (χ1n) is 10.0. The van der Waals surface area contributed by atoms with Crippen LogP contribution in [0, 0.1) is 0 Å². The number of benzene rings is 3. The van der Waals surface area contributed by atoms with Gasteiger partial charge in [-0.25, -0.2) is 4.98 Å². The summed E-state index contributed by atoms with van der Waals surface area (Å²) in [5, 5.41) is 5.89. The highest BCUT2D eigenvalue weighted by Gasteiger charge is 2.16. The van der Waals surface area contributed by atoms with Crippen molar-refractivity contribution >= 4 is 28.1 Å². The van der Waals surface area contributed by atoms with Crippen molar-refractivity contribution in [3.63, 3.8) is 0 Å². The van der Waals surface area contributed by atoms with Crippen LogP contribution in [0.2, 0.25) is 0 Å². The van der Waals surface area contributed by atoms with E-state index in [9.17, 15) is 4.79 Å². The summed E-state index contributed by atoms with van der Waals surface area (Å²) in [6.07, 6.45) is 1.62.